The highest BCUT2D eigenvalue weighted by molar-refractivity contribution is 6.90. The van der Waals surface area contributed by atoms with E-state index in [0.29, 0.717) is 0 Å². The van der Waals surface area contributed by atoms with Crippen LogP contribution in [-0.4, -0.2) is 13.1 Å². The van der Waals surface area contributed by atoms with Gasteiger partial charge in [0.2, 0.25) is 0 Å². The second-order valence-electron chi connectivity index (χ2n) is 6.30. The predicted octanol–water partition coefficient (Wildman–Crippen LogP) is 4.73. The molecule has 0 N–H and O–H groups in total. The number of pyridine rings is 1. The number of hydrogen-bond donors (Lipinski definition) is 0. The van der Waals surface area contributed by atoms with Crippen molar-refractivity contribution in [2.45, 2.75) is 19.6 Å². The van der Waals surface area contributed by atoms with Gasteiger partial charge in [0.25, 0.3) is 0 Å². The Bertz CT molecular complexity index is 868. The summed E-state index contributed by atoms with van der Waals surface area (Å²) in [6.07, 6.45) is 3.52. The Kier molecular flexibility index (Phi) is 3.10. The zero-order valence-corrected chi connectivity index (χ0v) is 13.7. The number of hydrogen-bond acceptors (Lipinski definition) is 2. The molecule has 0 amide bonds. The second-order valence-corrected chi connectivity index (χ2v) is 11.3. The Morgan fingerprint density at radius 3 is 2.52 bits per heavy atom. The van der Waals surface area contributed by atoms with Crippen LogP contribution >= 0.6 is 0 Å². The lowest BCUT2D eigenvalue weighted by Crippen LogP contribution is -2.37. The van der Waals surface area contributed by atoms with Gasteiger partial charge in [-0.3, -0.25) is 4.98 Å². The smallest absolute Gasteiger partial charge is 0.161 e. The van der Waals surface area contributed by atoms with E-state index in [1.165, 1.54) is 5.19 Å². The summed E-state index contributed by atoms with van der Waals surface area (Å²) in [5.41, 5.74) is 3.37. The average molecular weight is 293 g/mol. The lowest BCUT2D eigenvalue weighted by atomic mass is 10.1. The van der Waals surface area contributed by atoms with Gasteiger partial charge in [-0.15, -0.1) is 0 Å². The molecular formula is C18H19NOSi. The molecule has 0 radical (unpaired) electrons. The van der Waals surface area contributed by atoms with Crippen LogP contribution in [-0.2, 0) is 0 Å². The first-order valence-electron chi connectivity index (χ1n) is 7.06. The van der Waals surface area contributed by atoms with Gasteiger partial charge < -0.3 is 4.42 Å². The number of fused-ring (bicyclic) bond motifs is 3. The second kappa shape index (κ2) is 4.71. The van der Waals surface area contributed by atoms with Crippen LogP contribution in [0.25, 0.3) is 27.5 Å². The first-order chi connectivity index (χ1) is 9.93. The van der Waals surface area contributed by atoms with Crippen molar-refractivity contribution in [2.24, 2.45) is 0 Å². The lowest BCUT2D eigenvalue weighted by Gasteiger charge is -2.16. The van der Waals surface area contributed by atoms with E-state index in [1.807, 2.05) is 12.3 Å². The van der Waals surface area contributed by atoms with Gasteiger partial charge in [0, 0.05) is 17.0 Å². The van der Waals surface area contributed by atoms with E-state index < -0.39 is 8.07 Å². The summed E-state index contributed by atoms with van der Waals surface area (Å²) in [5.74, 6) is 0. The molecule has 0 bridgehead atoms. The Labute approximate surface area is 125 Å². The highest BCUT2D eigenvalue weighted by atomic mass is 28.3. The largest absolute Gasteiger partial charge is 0.454 e. The summed E-state index contributed by atoms with van der Waals surface area (Å²) in [6.45, 7) is 14.8. The van der Waals surface area contributed by atoms with Crippen molar-refractivity contribution in [3.63, 3.8) is 0 Å². The molecule has 0 aliphatic heterocycles. The fourth-order valence-corrected chi connectivity index (χ4v) is 4.10. The van der Waals surface area contributed by atoms with Gasteiger partial charge in [0.1, 0.15) is 11.3 Å². The highest BCUT2D eigenvalue weighted by Crippen LogP contribution is 2.32. The van der Waals surface area contributed by atoms with E-state index in [1.54, 1.807) is 6.08 Å². The van der Waals surface area contributed by atoms with Gasteiger partial charge in [-0.25, -0.2) is 0 Å². The Morgan fingerprint density at radius 2 is 1.86 bits per heavy atom. The maximum atomic E-state index is 6.23. The molecule has 2 nitrogen and oxygen atoms in total. The molecule has 21 heavy (non-hydrogen) atoms. The predicted molar refractivity (Wildman–Crippen MR) is 93.7 cm³/mol. The summed E-state index contributed by atoms with van der Waals surface area (Å²) in [6, 6.07) is 8.43. The van der Waals surface area contributed by atoms with Crippen LogP contribution in [0.4, 0.5) is 0 Å². The number of nitrogens with zero attached hydrogens (tertiary/aromatic N) is 1. The monoisotopic (exact) mass is 293 g/mol. The van der Waals surface area contributed by atoms with Crippen LogP contribution in [0, 0.1) is 0 Å². The van der Waals surface area contributed by atoms with Crippen LogP contribution < -0.4 is 5.19 Å². The quantitative estimate of drug-likeness (QED) is 0.515. The molecule has 106 valence electrons. The molecule has 0 aliphatic rings. The lowest BCUT2D eigenvalue weighted by molar-refractivity contribution is 0.667. The summed E-state index contributed by atoms with van der Waals surface area (Å²) in [5, 5.41) is 3.59. The van der Waals surface area contributed by atoms with Gasteiger partial charge in [0.05, 0.1) is 8.07 Å². The number of para-hydroxylation sites is 1. The molecule has 1 aromatic carbocycles. The van der Waals surface area contributed by atoms with Crippen LogP contribution in [0.1, 0.15) is 5.69 Å². The number of benzene rings is 1. The van der Waals surface area contributed by atoms with E-state index in [4.69, 9.17) is 4.42 Å². The molecule has 0 aliphatic carbocycles. The first-order valence-corrected chi connectivity index (χ1v) is 10.6. The zero-order valence-electron chi connectivity index (χ0n) is 12.7. The van der Waals surface area contributed by atoms with E-state index in [2.05, 4.69) is 56.0 Å². The van der Waals surface area contributed by atoms with Gasteiger partial charge in [-0.05, 0) is 16.8 Å². The zero-order chi connectivity index (χ0) is 15.2. The van der Waals surface area contributed by atoms with E-state index in [9.17, 15) is 0 Å². The molecule has 0 saturated heterocycles. The number of aromatic nitrogens is 1. The number of rotatable bonds is 3. The van der Waals surface area contributed by atoms with E-state index in [-0.39, 0.29) is 0 Å². The molecular weight excluding hydrogens is 274 g/mol. The van der Waals surface area contributed by atoms with Crippen molar-refractivity contribution in [1.82, 2.24) is 4.98 Å². The van der Waals surface area contributed by atoms with Crippen molar-refractivity contribution in [2.75, 3.05) is 0 Å². The molecule has 2 aromatic heterocycles. The third-order valence-electron chi connectivity index (χ3n) is 3.77. The molecule has 0 fully saturated rings. The Morgan fingerprint density at radius 1 is 1.14 bits per heavy atom. The molecule has 0 saturated carbocycles. The normalized spacial score (nSPS) is 12.0. The minimum atomic E-state index is -1.47. The molecule has 3 heteroatoms. The van der Waals surface area contributed by atoms with Crippen molar-refractivity contribution >= 4 is 40.8 Å². The number of allylic oxidation sites excluding steroid dienone is 2. The molecule has 0 atom stereocenters. The van der Waals surface area contributed by atoms with Crippen LogP contribution in [0.5, 0.6) is 0 Å². The first kappa shape index (κ1) is 13.8. The van der Waals surface area contributed by atoms with Crippen molar-refractivity contribution in [3.05, 3.63) is 55.4 Å². The molecule has 0 unspecified atom stereocenters. The third-order valence-corrected chi connectivity index (χ3v) is 5.78. The minimum absolute atomic E-state index is 0.778. The van der Waals surface area contributed by atoms with Crippen LogP contribution in [0.3, 0.4) is 0 Å². The Balaban J connectivity index is 2.45. The summed E-state index contributed by atoms with van der Waals surface area (Å²) in [4.78, 5) is 4.41. The highest BCUT2D eigenvalue weighted by Gasteiger charge is 2.23. The maximum Gasteiger partial charge on any atom is 0.161 e. The van der Waals surface area contributed by atoms with Crippen LogP contribution in [0.15, 0.2) is 54.1 Å². The Hall–Kier alpha value is -2.13. The molecule has 3 rings (SSSR count). The third kappa shape index (κ3) is 2.14. The summed E-state index contributed by atoms with van der Waals surface area (Å²) in [7, 11) is -1.47. The van der Waals surface area contributed by atoms with Gasteiger partial charge in [-0.2, -0.15) is 0 Å². The SMILES string of the molecule is C=CC(=C)c1nccc2c1oc1c([Si](C)(C)C)cccc12. The number of furan rings is 1. The van der Waals surface area contributed by atoms with Crippen molar-refractivity contribution in [3.8, 4) is 0 Å². The molecule has 0 spiro atoms. The summed E-state index contributed by atoms with van der Waals surface area (Å²) >= 11 is 0. The van der Waals surface area contributed by atoms with Crippen molar-refractivity contribution < 1.29 is 4.42 Å². The summed E-state index contributed by atoms with van der Waals surface area (Å²) < 4.78 is 6.23. The standard InChI is InChI=1S/C18H19NOSi/c1-6-12(2)16-18-14(10-11-19-16)13-8-7-9-15(17(13)20-18)21(3,4)5/h6-11H,1-2H2,3-5H3. The van der Waals surface area contributed by atoms with Gasteiger partial charge >= 0.3 is 0 Å². The van der Waals surface area contributed by atoms with Gasteiger partial charge in [-0.1, -0.05) is 57.1 Å². The van der Waals surface area contributed by atoms with E-state index >= 15 is 0 Å². The minimum Gasteiger partial charge on any atom is -0.454 e. The van der Waals surface area contributed by atoms with E-state index in [0.717, 1.165) is 33.2 Å². The van der Waals surface area contributed by atoms with Crippen LogP contribution in [0.2, 0.25) is 19.6 Å². The average Bonchev–Trinajstić information content (AvgIpc) is 2.83. The van der Waals surface area contributed by atoms with Crippen molar-refractivity contribution in [1.29, 1.82) is 0 Å². The van der Waals surface area contributed by atoms with Gasteiger partial charge in [0.15, 0.2) is 5.58 Å². The maximum absolute atomic E-state index is 6.23. The molecule has 3 aromatic rings. The fraction of sp³-hybridized carbons (Fsp3) is 0.167. The fourth-order valence-electron chi connectivity index (χ4n) is 2.64. The topological polar surface area (TPSA) is 26.0 Å². The molecule has 2 heterocycles.